The van der Waals surface area contributed by atoms with Crippen LogP contribution >= 0.6 is 0 Å². The van der Waals surface area contributed by atoms with Crippen LogP contribution in [0.2, 0.25) is 0 Å². The van der Waals surface area contributed by atoms with Gasteiger partial charge in [-0.1, -0.05) is 44.2 Å². The number of hydrogen-bond acceptors (Lipinski definition) is 1. The summed E-state index contributed by atoms with van der Waals surface area (Å²) in [7, 11) is 0. The molecule has 0 fully saturated rings. The van der Waals surface area contributed by atoms with Gasteiger partial charge in [-0.2, -0.15) is 0 Å². The van der Waals surface area contributed by atoms with Gasteiger partial charge in [0.25, 0.3) is 0 Å². The van der Waals surface area contributed by atoms with Crippen molar-refractivity contribution in [3.8, 4) is 0 Å². The second-order valence-corrected chi connectivity index (χ2v) is 4.76. The Kier molecular flexibility index (Phi) is 4.59. The van der Waals surface area contributed by atoms with Crippen molar-refractivity contribution >= 4 is 0 Å². The van der Waals surface area contributed by atoms with Crippen LogP contribution in [0.4, 0.5) is 0 Å². The number of benzene rings is 1. The minimum Gasteiger partial charge on any atom is -0.364 e. The van der Waals surface area contributed by atoms with Gasteiger partial charge in [-0.05, 0) is 30.7 Å². The average molecular weight is 242 g/mol. The molecule has 0 saturated heterocycles. The van der Waals surface area contributed by atoms with Crippen molar-refractivity contribution < 1.29 is 0 Å². The van der Waals surface area contributed by atoms with E-state index in [0.717, 1.165) is 13.0 Å². The summed E-state index contributed by atoms with van der Waals surface area (Å²) in [5.41, 5.74) is 2.64. The molecule has 0 aliphatic heterocycles. The highest BCUT2D eigenvalue weighted by Crippen LogP contribution is 2.29. The van der Waals surface area contributed by atoms with Crippen LogP contribution in [0.3, 0.4) is 0 Å². The number of aromatic nitrogens is 1. The van der Waals surface area contributed by atoms with E-state index in [1.165, 1.54) is 11.3 Å². The third-order valence-corrected chi connectivity index (χ3v) is 3.40. The molecule has 2 N–H and O–H groups in total. The minimum atomic E-state index is 0.349. The summed E-state index contributed by atoms with van der Waals surface area (Å²) in [4.78, 5) is 3.33. The fraction of sp³-hybridized carbons (Fsp3) is 0.375. The lowest BCUT2D eigenvalue weighted by molar-refractivity contribution is 0.458. The molecule has 0 amide bonds. The van der Waals surface area contributed by atoms with Gasteiger partial charge in [0, 0.05) is 17.8 Å². The van der Waals surface area contributed by atoms with E-state index in [4.69, 9.17) is 0 Å². The van der Waals surface area contributed by atoms with Crippen LogP contribution in [0.25, 0.3) is 0 Å². The maximum atomic E-state index is 3.64. The zero-order valence-corrected chi connectivity index (χ0v) is 11.2. The molecule has 0 saturated carbocycles. The van der Waals surface area contributed by atoms with E-state index in [1.54, 1.807) is 0 Å². The van der Waals surface area contributed by atoms with Crippen LogP contribution in [0, 0.1) is 0 Å². The Labute approximate surface area is 109 Å². The molecule has 0 bridgehead atoms. The standard InChI is InChI=1S/C16H22N2/c1-3-11-18-16(15-10-7-12-17-15)13(2)14-8-5-4-6-9-14/h4-10,12-13,16-18H,3,11H2,1-2H3. The maximum absolute atomic E-state index is 3.64. The molecule has 2 unspecified atom stereocenters. The predicted molar refractivity (Wildman–Crippen MR) is 76.7 cm³/mol. The summed E-state index contributed by atoms with van der Waals surface area (Å²) in [6.45, 7) is 5.52. The number of H-pyrrole nitrogens is 1. The molecule has 0 aliphatic carbocycles. The maximum Gasteiger partial charge on any atom is 0.0539 e. The van der Waals surface area contributed by atoms with Crippen LogP contribution in [0.15, 0.2) is 48.7 Å². The van der Waals surface area contributed by atoms with Crippen molar-refractivity contribution in [1.82, 2.24) is 10.3 Å². The Morgan fingerprint density at radius 3 is 2.50 bits per heavy atom. The summed E-state index contributed by atoms with van der Waals surface area (Å²) in [6, 6.07) is 15.3. The third kappa shape index (κ3) is 3.02. The lowest BCUT2D eigenvalue weighted by Gasteiger charge is -2.25. The van der Waals surface area contributed by atoms with Gasteiger partial charge in [0.15, 0.2) is 0 Å². The Hall–Kier alpha value is -1.54. The average Bonchev–Trinajstić information content (AvgIpc) is 2.94. The second kappa shape index (κ2) is 6.41. The van der Waals surface area contributed by atoms with Crippen molar-refractivity contribution in [2.75, 3.05) is 6.54 Å². The molecule has 1 aromatic heterocycles. The van der Waals surface area contributed by atoms with E-state index in [2.05, 4.69) is 66.6 Å². The lowest BCUT2D eigenvalue weighted by atomic mass is 9.91. The van der Waals surface area contributed by atoms with E-state index < -0.39 is 0 Å². The van der Waals surface area contributed by atoms with E-state index in [-0.39, 0.29) is 0 Å². The van der Waals surface area contributed by atoms with E-state index >= 15 is 0 Å². The predicted octanol–water partition coefficient (Wildman–Crippen LogP) is 3.86. The minimum absolute atomic E-state index is 0.349. The second-order valence-electron chi connectivity index (χ2n) is 4.76. The Balaban J connectivity index is 2.18. The summed E-state index contributed by atoms with van der Waals surface area (Å²) in [5, 5.41) is 3.64. The molecule has 1 heterocycles. The first-order valence-electron chi connectivity index (χ1n) is 6.74. The molecule has 2 rings (SSSR count). The Morgan fingerprint density at radius 2 is 1.89 bits per heavy atom. The number of nitrogens with one attached hydrogen (secondary N) is 2. The van der Waals surface area contributed by atoms with E-state index in [1.807, 2.05) is 6.20 Å². The molecule has 2 heteroatoms. The van der Waals surface area contributed by atoms with Crippen molar-refractivity contribution in [2.45, 2.75) is 32.2 Å². The van der Waals surface area contributed by atoms with Gasteiger partial charge in [-0.25, -0.2) is 0 Å². The summed E-state index contributed by atoms with van der Waals surface area (Å²) in [6.07, 6.45) is 3.15. The molecule has 0 spiro atoms. The Morgan fingerprint density at radius 1 is 1.11 bits per heavy atom. The fourth-order valence-electron chi connectivity index (χ4n) is 2.34. The SMILES string of the molecule is CCCNC(c1ccc[nH]1)C(C)c1ccccc1. The van der Waals surface area contributed by atoms with Crippen LogP contribution < -0.4 is 5.32 Å². The van der Waals surface area contributed by atoms with E-state index in [9.17, 15) is 0 Å². The molecule has 2 aromatic rings. The zero-order valence-electron chi connectivity index (χ0n) is 11.2. The van der Waals surface area contributed by atoms with Gasteiger partial charge >= 0.3 is 0 Å². The van der Waals surface area contributed by atoms with Crippen molar-refractivity contribution in [2.24, 2.45) is 0 Å². The van der Waals surface area contributed by atoms with Crippen LogP contribution in [0.5, 0.6) is 0 Å². The zero-order chi connectivity index (χ0) is 12.8. The van der Waals surface area contributed by atoms with Gasteiger partial charge in [-0.15, -0.1) is 0 Å². The first-order valence-corrected chi connectivity index (χ1v) is 6.74. The lowest BCUT2D eigenvalue weighted by Crippen LogP contribution is -2.27. The van der Waals surface area contributed by atoms with Gasteiger partial charge in [0.05, 0.1) is 6.04 Å². The monoisotopic (exact) mass is 242 g/mol. The van der Waals surface area contributed by atoms with E-state index in [0.29, 0.717) is 12.0 Å². The van der Waals surface area contributed by atoms with Crippen molar-refractivity contribution in [1.29, 1.82) is 0 Å². The van der Waals surface area contributed by atoms with Gasteiger partial charge in [0.2, 0.25) is 0 Å². The molecule has 96 valence electrons. The fourth-order valence-corrected chi connectivity index (χ4v) is 2.34. The first-order chi connectivity index (χ1) is 8.83. The van der Waals surface area contributed by atoms with Gasteiger partial charge in [-0.3, -0.25) is 0 Å². The van der Waals surface area contributed by atoms with Crippen LogP contribution in [0.1, 0.15) is 43.5 Å². The summed E-state index contributed by atoms with van der Waals surface area (Å²) in [5.74, 6) is 0.455. The smallest absolute Gasteiger partial charge is 0.0539 e. The molecular formula is C16H22N2. The van der Waals surface area contributed by atoms with Gasteiger partial charge in [0.1, 0.15) is 0 Å². The molecular weight excluding hydrogens is 220 g/mol. The highest BCUT2D eigenvalue weighted by Gasteiger charge is 2.20. The molecule has 2 atom stereocenters. The normalized spacial score (nSPS) is 14.3. The quantitative estimate of drug-likeness (QED) is 0.791. The molecule has 18 heavy (non-hydrogen) atoms. The number of hydrogen-bond donors (Lipinski definition) is 2. The Bertz CT molecular complexity index is 433. The molecule has 2 nitrogen and oxygen atoms in total. The molecule has 0 radical (unpaired) electrons. The third-order valence-electron chi connectivity index (χ3n) is 3.40. The summed E-state index contributed by atoms with van der Waals surface area (Å²) < 4.78 is 0. The van der Waals surface area contributed by atoms with Crippen molar-refractivity contribution in [3.63, 3.8) is 0 Å². The van der Waals surface area contributed by atoms with Gasteiger partial charge < -0.3 is 10.3 Å². The molecule has 0 aliphatic rings. The molecule has 1 aromatic carbocycles. The highest BCUT2D eigenvalue weighted by atomic mass is 14.9. The van der Waals surface area contributed by atoms with Crippen molar-refractivity contribution in [3.05, 3.63) is 59.9 Å². The van der Waals surface area contributed by atoms with Crippen LogP contribution in [-0.4, -0.2) is 11.5 Å². The number of rotatable bonds is 6. The first kappa shape index (κ1) is 12.9. The topological polar surface area (TPSA) is 27.8 Å². The highest BCUT2D eigenvalue weighted by molar-refractivity contribution is 5.24. The largest absolute Gasteiger partial charge is 0.364 e. The number of aromatic amines is 1. The van der Waals surface area contributed by atoms with Crippen LogP contribution in [-0.2, 0) is 0 Å². The summed E-state index contributed by atoms with van der Waals surface area (Å²) >= 11 is 0.